The molecule has 4 aromatic rings. The zero-order valence-electron chi connectivity index (χ0n) is 30.5. The average Bonchev–Trinajstić information content (AvgIpc) is 3.82. The maximum absolute atomic E-state index is 12.9. The van der Waals surface area contributed by atoms with E-state index in [1.165, 1.54) is 29.7 Å². The molecule has 0 fully saturated rings. The Balaban J connectivity index is 0.000000193. The molecule has 2 atom stereocenters. The minimum absolute atomic E-state index is 0.0126. The van der Waals surface area contributed by atoms with Gasteiger partial charge in [-0.15, -0.1) is 0 Å². The van der Waals surface area contributed by atoms with Gasteiger partial charge < -0.3 is 29.5 Å². The van der Waals surface area contributed by atoms with Crippen molar-refractivity contribution in [2.45, 2.75) is 44.9 Å². The second-order valence-electron chi connectivity index (χ2n) is 13.4. The number of halogens is 5. The fourth-order valence-corrected chi connectivity index (χ4v) is 7.36. The van der Waals surface area contributed by atoms with E-state index in [9.17, 15) is 42.6 Å². The number of carbonyl (C=O) groups excluding carboxylic acids is 4. The summed E-state index contributed by atoms with van der Waals surface area (Å²) in [6.07, 6.45) is -3.78. The molecule has 2 N–H and O–H groups in total. The predicted octanol–water partition coefficient (Wildman–Crippen LogP) is 8.59. The summed E-state index contributed by atoms with van der Waals surface area (Å²) in [4.78, 5) is 52.3. The molecule has 3 aliphatic rings. The van der Waals surface area contributed by atoms with E-state index in [0.717, 1.165) is 27.7 Å². The third-order valence-electron chi connectivity index (χ3n) is 9.71. The van der Waals surface area contributed by atoms with Crippen molar-refractivity contribution < 1.29 is 52.0 Å². The maximum Gasteiger partial charge on any atom is 0.416 e. The molecule has 0 aliphatic carbocycles. The molecule has 0 aromatic heterocycles. The van der Waals surface area contributed by atoms with Crippen LogP contribution in [0.5, 0.6) is 11.5 Å². The van der Waals surface area contributed by atoms with Gasteiger partial charge in [-0.1, -0.05) is 76.1 Å². The average molecular weight is 868 g/mol. The number of aliphatic hydroxyl groups excluding tert-OH is 2. The zero-order chi connectivity index (χ0) is 41.2. The topological polar surface area (TPSA) is 134 Å². The smallest absolute Gasteiger partial charge is 0.416 e. The summed E-state index contributed by atoms with van der Waals surface area (Å²) in [5.41, 5.74) is 2.04. The second kappa shape index (κ2) is 16.9. The molecule has 0 bridgehead atoms. The Morgan fingerprint density at radius 2 is 1.23 bits per heavy atom. The first-order valence-corrected chi connectivity index (χ1v) is 18.8. The van der Waals surface area contributed by atoms with E-state index in [0.29, 0.717) is 40.6 Å². The fourth-order valence-electron chi connectivity index (χ4n) is 6.97. The largest absolute Gasteiger partial charge is 0.503 e. The quantitative estimate of drug-likeness (QED) is 0.162. The summed E-state index contributed by atoms with van der Waals surface area (Å²) in [5.74, 6) is -1.78. The lowest BCUT2D eigenvalue weighted by atomic mass is 9.96. The van der Waals surface area contributed by atoms with Crippen molar-refractivity contribution in [2.24, 2.45) is 0 Å². The minimum Gasteiger partial charge on any atom is -0.503 e. The van der Waals surface area contributed by atoms with Crippen LogP contribution in [0.25, 0.3) is 0 Å². The highest BCUT2D eigenvalue weighted by Crippen LogP contribution is 2.40. The molecule has 0 saturated carbocycles. The molecule has 15 heteroatoms. The third-order valence-corrected chi connectivity index (χ3v) is 10.5. The first-order valence-electron chi connectivity index (χ1n) is 17.6. The van der Waals surface area contributed by atoms with Gasteiger partial charge in [0.15, 0.2) is 34.6 Å². The number of carbonyl (C=O) groups is 4. The molecule has 57 heavy (non-hydrogen) atoms. The minimum atomic E-state index is -4.46. The summed E-state index contributed by atoms with van der Waals surface area (Å²) >= 11 is 9.29. The van der Waals surface area contributed by atoms with Crippen LogP contribution in [-0.4, -0.2) is 63.3 Å². The van der Waals surface area contributed by atoms with E-state index in [2.05, 4.69) is 15.9 Å². The van der Waals surface area contributed by atoms with Crippen LogP contribution in [0.1, 0.15) is 53.7 Å². The van der Waals surface area contributed by atoms with Gasteiger partial charge in [-0.25, -0.2) is 0 Å². The summed E-state index contributed by atoms with van der Waals surface area (Å²) in [7, 11) is 0. The number of ether oxygens (including phenoxy) is 2. The van der Waals surface area contributed by atoms with Crippen LogP contribution in [0, 0.1) is 0 Å². The van der Waals surface area contributed by atoms with E-state index in [1.54, 1.807) is 54.6 Å². The molecule has 2 unspecified atom stereocenters. The van der Waals surface area contributed by atoms with E-state index < -0.39 is 52.9 Å². The van der Waals surface area contributed by atoms with Crippen molar-refractivity contribution in [1.29, 1.82) is 0 Å². The van der Waals surface area contributed by atoms with Crippen molar-refractivity contribution >= 4 is 50.9 Å². The highest BCUT2D eigenvalue weighted by Gasteiger charge is 2.43. The second-order valence-corrected chi connectivity index (χ2v) is 14.8. The maximum atomic E-state index is 12.9. The van der Waals surface area contributed by atoms with Crippen molar-refractivity contribution in [1.82, 2.24) is 9.80 Å². The fraction of sp³-hybridized carbons (Fsp3) is 0.238. The van der Waals surface area contributed by atoms with Crippen LogP contribution in [-0.2, 0) is 38.2 Å². The van der Waals surface area contributed by atoms with Gasteiger partial charge in [-0.3, -0.25) is 19.2 Å². The van der Waals surface area contributed by atoms with Gasteiger partial charge in [0.1, 0.15) is 0 Å². The van der Waals surface area contributed by atoms with Gasteiger partial charge in [0, 0.05) is 22.6 Å². The molecule has 7 rings (SSSR count). The zero-order valence-corrected chi connectivity index (χ0v) is 32.8. The summed E-state index contributed by atoms with van der Waals surface area (Å²) < 4.78 is 50.3. The molecule has 3 aliphatic heterocycles. The number of fused-ring (bicyclic) bond motifs is 1. The molecule has 2 amide bonds. The van der Waals surface area contributed by atoms with Gasteiger partial charge in [-0.05, 0) is 91.4 Å². The van der Waals surface area contributed by atoms with Crippen molar-refractivity contribution in [3.05, 3.63) is 151 Å². The van der Waals surface area contributed by atoms with Crippen LogP contribution < -0.4 is 9.47 Å². The van der Waals surface area contributed by atoms with E-state index in [-0.39, 0.29) is 36.7 Å². The lowest BCUT2D eigenvalue weighted by Gasteiger charge is -2.26. The van der Waals surface area contributed by atoms with Gasteiger partial charge in [-0.2, -0.15) is 13.2 Å². The Hall–Kier alpha value is -5.60. The monoisotopic (exact) mass is 866 g/mol. The number of alkyl halides is 3. The number of aliphatic hydroxyl groups is 2. The number of ketones is 2. The van der Waals surface area contributed by atoms with Crippen molar-refractivity contribution in [3.63, 3.8) is 0 Å². The van der Waals surface area contributed by atoms with Gasteiger partial charge in [0.25, 0.3) is 11.8 Å². The van der Waals surface area contributed by atoms with Gasteiger partial charge >= 0.3 is 6.18 Å². The van der Waals surface area contributed by atoms with Crippen molar-refractivity contribution in [2.75, 3.05) is 19.9 Å². The lowest BCUT2D eigenvalue weighted by Crippen LogP contribution is -2.33. The summed E-state index contributed by atoms with van der Waals surface area (Å²) in [6.45, 7) is 3.18. The molecule has 10 nitrogen and oxygen atoms in total. The van der Waals surface area contributed by atoms with Crippen LogP contribution >= 0.6 is 27.5 Å². The number of amides is 2. The Labute approximate surface area is 338 Å². The Kier molecular flexibility index (Phi) is 12.1. The molecule has 4 aromatic carbocycles. The summed E-state index contributed by atoms with van der Waals surface area (Å²) in [5, 5.41) is 21.1. The van der Waals surface area contributed by atoms with Crippen LogP contribution in [0.15, 0.2) is 118 Å². The lowest BCUT2D eigenvalue weighted by molar-refractivity contribution is -0.137. The molecular formula is C42H35BrClF3N2O8. The molecule has 0 saturated heterocycles. The molecular weight excluding hydrogens is 833 g/mol. The molecule has 0 spiro atoms. The highest BCUT2D eigenvalue weighted by atomic mass is 79.9. The van der Waals surface area contributed by atoms with E-state index >= 15 is 0 Å². The highest BCUT2D eigenvalue weighted by molar-refractivity contribution is 9.10. The normalized spacial score (nSPS) is 17.7. The number of rotatable bonds is 10. The number of benzene rings is 4. The SMILES string of the molecule is CC(=O)C1=C(O)C(=O)N(CCc2ccc3c(c2)OCO3)C1c1ccc(Cl)cc1.CC(=O)C1=C(O)C(=O)N(CCc2cccc(C(F)(F)F)c2)C1c1ccc(Br)cc1. The molecule has 3 heterocycles. The van der Waals surface area contributed by atoms with E-state index in [4.69, 9.17) is 21.1 Å². The van der Waals surface area contributed by atoms with Crippen LogP contribution in [0.3, 0.4) is 0 Å². The summed E-state index contributed by atoms with van der Waals surface area (Å²) in [6, 6.07) is 22.9. The standard InChI is InChI=1S/C21H17BrF3NO3.C21H18ClNO5/c1-12(27)17-18(14-5-7-16(22)8-6-14)26(20(29)19(17)28)10-9-13-3-2-4-15(11-13)21(23,24)25;1-12(24)18-19(14-3-5-15(22)6-4-14)23(21(26)20(18)25)9-8-13-2-7-16-17(10-13)28-11-27-16/h2-8,11,18,28H,9-10H2,1H3;2-7,10,19,25H,8-9,11H2,1H3. The van der Waals surface area contributed by atoms with Crippen LogP contribution in [0.4, 0.5) is 13.2 Å². The molecule has 0 radical (unpaired) electrons. The first-order chi connectivity index (χ1) is 27.0. The Morgan fingerprint density at radius 3 is 1.74 bits per heavy atom. The third kappa shape index (κ3) is 8.87. The number of Topliss-reactive ketones (excluding diaryl/α,β-unsaturated/α-hetero) is 2. The number of nitrogens with zero attached hydrogens (tertiary/aromatic N) is 2. The predicted molar refractivity (Wildman–Crippen MR) is 207 cm³/mol. The van der Waals surface area contributed by atoms with Gasteiger partial charge in [0.05, 0.1) is 28.8 Å². The van der Waals surface area contributed by atoms with Crippen LogP contribution in [0.2, 0.25) is 5.02 Å². The molecule has 296 valence electrons. The van der Waals surface area contributed by atoms with Crippen molar-refractivity contribution in [3.8, 4) is 11.5 Å². The van der Waals surface area contributed by atoms with E-state index in [1.807, 2.05) is 18.2 Å². The number of hydrogen-bond acceptors (Lipinski definition) is 8. The number of hydrogen-bond donors (Lipinski definition) is 2. The first kappa shape index (κ1) is 41.0. The Bertz CT molecular complexity index is 2290. The Morgan fingerprint density at radius 1 is 0.737 bits per heavy atom. The van der Waals surface area contributed by atoms with Gasteiger partial charge in [0.2, 0.25) is 6.79 Å².